The minimum Gasteiger partial charge on any atom is -0.448 e. The van der Waals surface area contributed by atoms with Gasteiger partial charge in [-0.25, -0.2) is 4.79 Å². The highest BCUT2D eigenvalue weighted by molar-refractivity contribution is 7.98. The summed E-state index contributed by atoms with van der Waals surface area (Å²) in [6.45, 7) is 16.6. The first-order chi connectivity index (χ1) is 21.1. The molecule has 13 heteroatoms. The summed E-state index contributed by atoms with van der Waals surface area (Å²) < 4.78 is 7.02. The van der Waals surface area contributed by atoms with Gasteiger partial charge in [0.15, 0.2) is 0 Å². The van der Waals surface area contributed by atoms with Crippen molar-refractivity contribution in [3.63, 3.8) is 0 Å². The Balaban J connectivity index is 2.86. The van der Waals surface area contributed by atoms with Crippen molar-refractivity contribution in [3.05, 3.63) is 18.0 Å². The fourth-order valence-corrected chi connectivity index (χ4v) is 5.20. The highest BCUT2D eigenvalue weighted by atomic mass is 32.2. The standard InChI is InChI=1S/C32H58N6O6S/c1-20(2)16-26(28(39)18-23(7)29(40)36-27(17-21(3)4)30(41)33-19-22(5)6)35-31(42)25(11-15-45-9)37-32(43)44-14-13-38-24(8)10-12-34-38/h10,12,20-23,25-28,39H,11,13-19H2,1-9H3,(H,33,41)(H,35,42)(H,36,40)(H,37,43)/t23-,25+,26+,27+,28+/m1/s1. The maximum Gasteiger partial charge on any atom is 0.407 e. The van der Waals surface area contributed by atoms with Gasteiger partial charge >= 0.3 is 6.09 Å². The van der Waals surface area contributed by atoms with Crippen molar-refractivity contribution < 1.29 is 29.0 Å². The third-order valence-electron chi connectivity index (χ3n) is 7.27. The third kappa shape index (κ3) is 16.4. The van der Waals surface area contributed by atoms with E-state index < -0.39 is 42.1 Å². The molecule has 45 heavy (non-hydrogen) atoms. The zero-order valence-electron chi connectivity index (χ0n) is 28.7. The van der Waals surface area contributed by atoms with E-state index in [4.69, 9.17) is 4.74 Å². The summed E-state index contributed by atoms with van der Waals surface area (Å²) >= 11 is 1.55. The van der Waals surface area contributed by atoms with Crippen molar-refractivity contribution in [1.29, 1.82) is 0 Å². The molecule has 1 aromatic heterocycles. The summed E-state index contributed by atoms with van der Waals surface area (Å²) in [5, 5.41) is 26.8. The summed E-state index contributed by atoms with van der Waals surface area (Å²) in [6.07, 6.45) is 3.27. The van der Waals surface area contributed by atoms with E-state index in [1.54, 1.807) is 29.6 Å². The molecule has 5 N–H and O–H groups in total. The lowest BCUT2D eigenvalue weighted by molar-refractivity contribution is -0.132. The summed E-state index contributed by atoms with van der Waals surface area (Å²) in [5.74, 6) is -0.350. The lowest BCUT2D eigenvalue weighted by Crippen LogP contribution is -2.54. The second-order valence-corrected chi connectivity index (χ2v) is 14.1. The number of nitrogens with zero attached hydrogens (tertiary/aromatic N) is 2. The molecule has 0 radical (unpaired) electrons. The van der Waals surface area contributed by atoms with Gasteiger partial charge in [-0.05, 0) is 68.4 Å². The van der Waals surface area contributed by atoms with Gasteiger partial charge in [0.05, 0.1) is 18.7 Å². The van der Waals surface area contributed by atoms with Crippen molar-refractivity contribution in [2.75, 3.05) is 25.2 Å². The van der Waals surface area contributed by atoms with E-state index in [1.807, 2.05) is 60.8 Å². The smallest absolute Gasteiger partial charge is 0.407 e. The van der Waals surface area contributed by atoms with Crippen LogP contribution in [0.25, 0.3) is 0 Å². The topological polar surface area (TPSA) is 164 Å². The molecule has 0 fully saturated rings. The number of hydrogen-bond donors (Lipinski definition) is 5. The van der Waals surface area contributed by atoms with Crippen molar-refractivity contribution in [2.24, 2.45) is 23.7 Å². The minimum atomic E-state index is -1.03. The van der Waals surface area contributed by atoms with E-state index >= 15 is 0 Å². The molecule has 0 saturated carbocycles. The van der Waals surface area contributed by atoms with E-state index in [2.05, 4.69) is 26.4 Å². The van der Waals surface area contributed by atoms with Gasteiger partial charge in [-0.15, -0.1) is 0 Å². The summed E-state index contributed by atoms with van der Waals surface area (Å²) in [7, 11) is 0. The number of carbonyl (C=O) groups excluding carboxylic acids is 4. The Kier molecular flexibility index (Phi) is 18.8. The molecular formula is C32H58N6O6S. The number of aryl methyl sites for hydroxylation is 1. The first-order valence-electron chi connectivity index (χ1n) is 16.1. The van der Waals surface area contributed by atoms with Crippen LogP contribution < -0.4 is 21.3 Å². The molecule has 0 aliphatic rings. The van der Waals surface area contributed by atoms with E-state index in [-0.39, 0.29) is 42.6 Å². The first-order valence-corrected chi connectivity index (χ1v) is 17.5. The minimum absolute atomic E-state index is 0.0866. The summed E-state index contributed by atoms with van der Waals surface area (Å²) in [5.41, 5.74) is 0.945. The number of rotatable bonds is 21. The fourth-order valence-electron chi connectivity index (χ4n) is 4.73. The van der Waals surface area contributed by atoms with Gasteiger partial charge in [-0.2, -0.15) is 16.9 Å². The first kappa shape index (κ1) is 40.2. The van der Waals surface area contributed by atoms with Gasteiger partial charge in [0.25, 0.3) is 0 Å². The van der Waals surface area contributed by atoms with Crippen molar-refractivity contribution in [1.82, 2.24) is 31.0 Å². The number of aliphatic hydroxyl groups is 1. The number of ether oxygens (including phenoxy) is 1. The SMILES string of the molecule is CSCC[C@H](NC(=O)OCCn1nccc1C)C(=O)N[C@@H](CC(C)C)[C@@H](O)C[C@@H](C)C(=O)N[C@@H](CC(C)C)C(=O)NCC(C)C. The molecule has 1 heterocycles. The molecule has 12 nitrogen and oxygen atoms in total. The fraction of sp³-hybridized carbons (Fsp3) is 0.781. The molecule has 4 amide bonds. The van der Waals surface area contributed by atoms with Crippen LogP contribution in [-0.4, -0.2) is 88.1 Å². The van der Waals surface area contributed by atoms with Crippen LogP contribution >= 0.6 is 11.8 Å². The normalized spacial score (nSPS) is 14.9. The molecule has 0 aliphatic carbocycles. The number of alkyl carbamates (subject to hydrolysis) is 1. The Hall–Kier alpha value is -2.80. The average Bonchev–Trinajstić information content (AvgIpc) is 3.36. The van der Waals surface area contributed by atoms with Crippen LogP contribution in [0.5, 0.6) is 0 Å². The molecule has 258 valence electrons. The predicted octanol–water partition coefficient (Wildman–Crippen LogP) is 3.26. The monoisotopic (exact) mass is 654 g/mol. The maximum atomic E-state index is 13.4. The van der Waals surface area contributed by atoms with Crippen molar-refractivity contribution >= 4 is 35.6 Å². The highest BCUT2D eigenvalue weighted by Gasteiger charge is 2.31. The summed E-state index contributed by atoms with van der Waals surface area (Å²) in [6, 6.07) is -0.325. The molecule has 0 bridgehead atoms. The van der Waals surface area contributed by atoms with E-state index in [0.717, 1.165) is 5.69 Å². The van der Waals surface area contributed by atoms with Crippen LogP contribution in [0.4, 0.5) is 4.79 Å². The number of amides is 4. The zero-order chi connectivity index (χ0) is 34.1. The summed E-state index contributed by atoms with van der Waals surface area (Å²) in [4.78, 5) is 51.9. The number of aromatic nitrogens is 2. The number of aliphatic hydroxyl groups excluding tert-OH is 1. The quantitative estimate of drug-likeness (QED) is 0.135. The third-order valence-corrected chi connectivity index (χ3v) is 7.91. The number of carbonyl (C=O) groups is 4. The van der Waals surface area contributed by atoms with Crippen LogP contribution in [0.15, 0.2) is 12.3 Å². The molecule has 0 spiro atoms. The van der Waals surface area contributed by atoms with Crippen molar-refractivity contribution in [2.45, 2.75) is 112 Å². The van der Waals surface area contributed by atoms with Crippen LogP contribution in [-0.2, 0) is 25.7 Å². The molecular weight excluding hydrogens is 596 g/mol. The molecule has 0 aromatic carbocycles. The molecule has 1 aromatic rings. The molecule has 0 aliphatic heterocycles. The second-order valence-electron chi connectivity index (χ2n) is 13.1. The van der Waals surface area contributed by atoms with Crippen LogP contribution in [0.1, 0.15) is 79.8 Å². The van der Waals surface area contributed by atoms with Gasteiger partial charge in [0.2, 0.25) is 17.7 Å². The van der Waals surface area contributed by atoms with Gasteiger partial charge in [-0.3, -0.25) is 19.1 Å². The lowest BCUT2D eigenvalue weighted by atomic mass is 9.91. The van der Waals surface area contributed by atoms with Crippen molar-refractivity contribution in [3.8, 4) is 0 Å². The van der Waals surface area contributed by atoms with Crippen LogP contribution in [0, 0.1) is 30.6 Å². The van der Waals surface area contributed by atoms with E-state index in [1.165, 1.54) is 0 Å². The highest BCUT2D eigenvalue weighted by Crippen LogP contribution is 2.17. The van der Waals surface area contributed by atoms with E-state index in [0.29, 0.717) is 38.1 Å². The largest absolute Gasteiger partial charge is 0.448 e. The Morgan fingerprint density at radius 1 is 0.889 bits per heavy atom. The predicted molar refractivity (Wildman–Crippen MR) is 179 cm³/mol. The Morgan fingerprint density at radius 3 is 2.11 bits per heavy atom. The number of nitrogens with one attached hydrogen (secondary N) is 4. The lowest BCUT2D eigenvalue weighted by Gasteiger charge is -2.30. The molecule has 5 atom stereocenters. The maximum absolute atomic E-state index is 13.4. The van der Waals surface area contributed by atoms with Gasteiger partial charge in [0, 0.05) is 24.4 Å². The average molecular weight is 655 g/mol. The van der Waals surface area contributed by atoms with Gasteiger partial charge in [-0.1, -0.05) is 48.5 Å². The zero-order valence-corrected chi connectivity index (χ0v) is 29.5. The van der Waals surface area contributed by atoms with Gasteiger partial charge in [0.1, 0.15) is 18.7 Å². The Labute approximate surface area is 273 Å². The number of thioether (sulfide) groups is 1. The van der Waals surface area contributed by atoms with Gasteiger partial charge < -0.3 is 31.1 Å². The second kappa shape index (κ2) is 21.1. The Bertz CT molecular complexity index is 1050. The molecule has 0 saturated heterocycles. The molecule has 0 unspecified atom stereocenters. The number of hydrogen-bond acceptors (Lipinski definition) is 8. The van der Waals surface area contributed by atoms with Crippen LogP contribution in [0.2, 0.25) is 0 Å². The Morgan fingerprint density at radius 2 is 1.56 bits per heavy atom. The van der Waals surface area contributed by atoms with Crippen LogP contribution in [0.3, 0.4) is 0 Å². The van der Waals surface area contributed by atoms with E-state index in [9.17, 15) is 24.3 Å². The molecule has 1 rings (SSSR count).